The summed E-state index contributed by atoms with van der Waals surface area (Å²) >= 11 is 12.0. The van der Waals surface area contributed by atoms with Crippen molar-refractivity contribution in [1.29, 1.82) is 0 Å². The topological polar surface area (TPSA) is 86.9 Å². The van der Waals surface area contributed by atoms with E-state index in [4.69, 9.17) is 28.2 Å². The number of carbonyl (C=O) groups excluding carboxylic acids is 2. The lowest BCUT2D eigenvalue weighted by molar-refractivity contribution is 0.0810. The molecule has 3 fully saturated rings. The molecule has 37 heavy (non-hydrogen) atoms. The molecule has 1 unspecified atom stereocenters. The van der Waals surface area contributed by atoms with Gasteiger partial charge in [0.05, 0.1) is 21.1 Å². The summed E-state index contributed by atoms with van der Waals surface area (Å²) in [5.74, 6) is 1.77. The number of rotatable bonds is 5. The van der Waals surface area contributed by atoms with Crippen LogP contribution in [-0.4, -0.2) is 27.8 Å². The zero-order chi connectivity index (χ0) is 25.5. The van der Waals surface area contributed by atoms with Crippen molar-refractivity contribution in [3.63, 3.8) is 0 Å². The maximum absolute atomic E-state index is 13.0. The highest BCUT2D eigenvalue weighted by Crippen LogP contribution is 2.41. The summed E-state index contributed by atoms with van der Waals surface area (Å²) in [6, 6.07) is 18.0. The zero-order valence-corrected chi connectivity index (χ0v) is 21.6. The number of hydrogen-bond acceptors (Lipinski definition) is 3. The third-order valence-corrected chi connectivity index (χ3v) is 8.45. The second kappa shape index (κ2) is 9.84. The molecule has 1 heterocycles. The standard InChI is InChI=1S/C29H26Cl2N4O2/c30-22-11-10-21(15-23(22)31)32-28(36)19-7-5-18(6-8-19)27-33-24-12-9-20(14-26(24)34-27)29(37)35-25-13-16-1-3-17(25)4-2-16/h5-12,14-17,25H,1-4,13H2,(H,32,36)(H,33,34)(H,35,37). The van der Waals surface area contributed by atoms with Gasteiger partial charge in [0.15, 0.2) is 0 Å². The van der Waals surface area contributed by atoms with E-state index < -0.39 is 0 Å². The van der Waals surface area contributed by atoms with Gasteiger partial charge in [-0.25, -0.2) is 4.98 Å². The minimum atomic E-state index is -0.253. The Balaban J connectivity index is 1.15. The highest BCUT2D eigenvalue weighted by molar-refractivity contribution is 6.42. The van der Waals surface area contributed by atoms with E-state index in [1.54, 1.807) is 30.3 Å². The van der Waals surface area contributed by atoms with Crippen molar-refractivity contribution >= 4 is 51.7 Å². The molecular weight excluding hydrogens is 507 g/mol. The van der Waals surface area contributed by atoms with Crippen molar-refractivity contribution in [2.75, 3.05) is 5.32 Å². The average Bonchev–Trinajstić information content (AvgIpc) is 3.35. The number of carbonyl (C=O) groups is 2. The molecule has 1 aromatic heterocycles. The lowest BCUT2D eigenvalue weighted by Gasteiger charge is -2.42. The van der Waals surface area contributed by atoms with Crippen molar-refractivity contribution in [3.8, 4) is 11.4 Å². The normalized spacial score (nSPS) is 20.6. The van der Waals surface area contributed by atoms with Crippen LogP contribution in [0.25, 0.3) is 22.4 Å². The van der Waals surface area contributed by atoms with Crippen LogP contribution in [0.2, 0.25) is 10.0 Å². The molecule has 4 aromatic rings. The quantitative estimate of drug-likeness (QED) is 0.256. The molecule has 0 radical (unpaired) electrons. The van der Waals surface area contributed by atoms with Crippen LogP contribution in [-0.2, 0) is 0 Å². The summed E-state index contributed by atoms with van der Waals surface area (Å²) < 4.78 is 0. The summed E-state index contributed by atoms with van der Waals surface area (Å²) in [5.41, 5.74) is 4.12. The van der Waals surface area contributed by atoms with Crippen LogP contribution in [0, 0.1) is 11.8 Å². The predicted octanol–water partition coefficient (Wildman–Crippen LogP) is 7.10. The first-order chi connectivity index (χ1) is 17.9. The summed E-state index contributed by atoms with van der Waals surface area (Å²) in [4.78, 5) is 33.6. The molecule has 3 saturated carbocycles. The molecule has 6 nitrogen and oxygen atoms in total. The van der Waals surface area contributed by atoms with Crippen LogP contribution >= 0.6 is 23.2 Å². The number of fused-ring (bicyclic) bond motifs is 4. The number of anilines is 1. The average molecular weight is 533 g/mol. The molecule has 2 amide bonds. The molecule has 1 atom stereocenters. The number of nitrogens with zero attached hydrogens (tertiary/aromatic N) is 1. The van der Waals surface area contributed by atoms with Crippen LogP contribution in [0.15, 0.2) is 60.7 Å². The summed E-state index contributed by atoms with van der Waals surface area (Å²) in [6.07, 6.45) is 6.18. The molecule has 2 bridgehead atoms. The first kappa shape index (κ1) is 24.0. The Morgan fingerprint density at radius 2 is 1.59 bits per heavy atom. The Morgan fingerprint density at radius 1 is 0.838 bits per heavy atom. The van der Waals surface area contributed by atoms with Crippen molar-refractivity contribution < 1.29 is 9.59 Å². The van der Waals surface area contributed by atoms with Gasteiger partial charge in [0.25, 0.3) is 11.8 Å². The molecule has 3 N–H and O–H groups in total. The van der Waals surface area contributed by atoms with Crippen LogP contribution in [0.1, 0.15) is 52.8 Å². The Kier molecular flexibility index (Phi) is 6.39. The second-order valence-corrected chi connectivity index (χ2v) is 10.9. The number of H-pyrrole nitrogens is 1. The van der Waals surface area contributed by atoms with E-state index >= 15 is 0 Å². The SMILES string of the molecule is O=C(Nc1ccc(Cl)c(Cl)c1)c1ccc(-c2nc3cc(C(=O)NC4CC5CCC4CC5)ccc3[nH]2)cc1. The van der Waals surface area contributed by atoms with Crippen LogP contribution in [0.3, 0.4) is 0 Å². The van der Waals surface area contributed by atoms with Gasteiger partial charge in [-0.05, 0) is 79.6 Å². The van der Waals surface area contributed by atoms with Crippen molar-refractivity contribution in [2.24, 2.45) is 11.8 Å². The van der Waals surface area contributed by atoms with Gasteiger partial charge in [-0.3, -0.25) is 9.59 Å². The van der Waals surface area contributed by atoms with Crippen LogP contribution in [0.4, 0.5) is 5.69 Å². The Bertz CT molecular complexity index is 1490. The monoisotopic (exact) mass is 532 g/mol. The van der Waals surface area contributed by atoms with Gasteiger partial charge in [-0.1, -0.05) is 48.2 Å². The summed E-state index contributed by atoms with van der Waals surface area (Å²) in [6.45, 7) is 0. The lowest BCUT2D eigenvalue weighted by Crippen LogP contribution is -2.47. The Morgan fingerprint density at radius 3 is 2.30 bits per heavy atom. The first-order valence-corrected chi connectivity index (χ1v) is 13.4. The number of benzene rings is 3. The van der Waals surface area contributed by atoms with E-state index in [1.807, 2.05) is 30.3 Å². The number of hydrogen-bond donors (Lipinski definition) is 3. The molecule has 8 heteroatoms. The number of halogens is 2. The minimum Gasteiger partial charge on any atom is -0.349 e. The maximum atomic E-state index is 13.0. The molecule has 7 rings (SSSR count). The minimum absolute atomic E-state index is 0.0265. The summed E-state index contributed by atoms with van der Waals surface area (Å²) in [5, 5.41) is 6.90. The van der Waals surface area contributed by atoms with Gasteiger partial charge in [0, 0.05) is 28.4 Å². The number of imidazole rings is 1. The van der Waals surface area contributed by atoms with Crippen molar-refractivity contribution in [3.05, 3.63) is 81.8 Å². The van der Waals surface area contributed by atoms with E-state index in [9.17, 15) is 9.59 Å². The van der Waals surface area contributed by atoms with E-state index in [2.05, 4.69) is 15.6 Å². The maximum Gasteiger partial charge on any atom is 0.255 e. The van der Waals surface area contributed by atoms with Crippen LogP contribution < -0.4 is 10.6 Å². The van der Waals surface area contributed by atoms with E-state index in [1.165, 1.54) is 25.7 Å². The highest BCUT2D eigenvalue weighted by atomic mass is 35.5. The molecule has 3 aliphatic rings. The van der Waals surface area contributed by atoms with E-state index in [-0.39, 0.29) is 17.9 Å². The van der Waals surface area contributed by atoms with Gasteiger partial charge in [0.1, 0.15) is 5.82 Å². The second-order valence-electron chi connectivity index (χ2n) is 10.1. The molecule has 3 aromatic carbocycles. The van der Waals surface area contributed by atoms with E-state index in [0.717, 1.165) is 28.9 Å². The Labute approximate surface area is 224 Å². The zero-order valence-electron chi connectivity index (χ0n) is 20.1. The van der Waals surface area contributed by atoms with Gasteiger partial charge >= 0.3 is 0 Å². The fraction of sp³-hybridized carbons (Fsp3) is 0.276. The van der Waals surface area contributed by atoms with Crippen molar-refractivity contribution in [2.45, 2.75) is 38.1 Å². The fourth-order valence-corrected chi connectivity index (χ4v) is 5.94. The first-order valence-electron chi connectivity index (χ1n) is 12.6. The predicted molar refractivity (Wildman–Crippen MR) is 147 cm³/mol. The third kappa shape index (κ3) is 4.96. The summed E-state index contributed by atoms with van der Waals surface area (Å²) in [7, 11) is 0. The molecule has 0 aliphatic heterocycles. The lowest BCUT2D eigenvalue weighted by atomic mass is 9.68. The third-order valence-electron chi connectivity index (χ3n) is 7.71. The van der Waals surface area contributed by atoms with Crippen LogP contribution in [0.5, 0.6) is 0 Å². The number of aromatic amines is 1. The smallest absolute Gasteiger partial charge is 0.255 e. The molecule has 0 spiro atoms. The van der Waals surface area contributed by atoms with Gasteiger partial charge < -0.3 is 15.6 Å². The molecular formula is C29H26Cl2N4O2. The fourth-order valence-electron chi connectivity index (χ4n) is 5.65. The number of amides is 2. The van der Waals surface area contributed by atoms with Crippen molar-refractivity contribution in [1.82, 2.24) is 15.3 Å². The van der Waals surface area contributed by atoms with E-state index in [0.29, 0.717) is 38.6 Å². The van der Waals surface area contributed by atoms with Gasteiger partial charge in [-0.2, -0.15) is 0 Å². The Hall–Kier alpha value is -3.35. The van der Waals surface area contributed by atoms with Gasteiger partial charge in [-0.15, -0.1) is 0 Å². The van der Waals surface area contributed by atoms with Gasteiger partial charge in [0.2, 0.25) is 0 Å². The molecule has 3 aliphatic carbocycles. The molecule has 188 valence electrons. The number of aromatic nitrogens is 2. The largest absolute Gasteiger partial charge is 0.349 e. The molecule has 0 saturated heterocycles. The number of nitrogens with one attached hydrogen (secondary N) is 3. The highest BCUT2D eigenvalue weighted by Gasteiger charge is 2.36.